The molecular weight excluding hydrogens is 382 g/mol. The molecule has 0 aliphatic carbocycles. The van der Waals surface area contributed by atoms with Gasteiger partial charge in [0.15, 0.2) is 0 Å². The van der Waals surface area contributed by atoms with Crippen LogP contribution in [-0.4, -0.2) is 64.8 Å². The fraction of sp³-hybridized carbons (Fsp3) is 0.850. The number of rotatable bonds is 7. The highest BCUT2D eigenvalue weighted by atomic mass is 32.2. The van der Waals surface area contributed by atoms with E-state index in [0.29, 0.717) is 19.4 Å². The molecule has 0 aromatic carbocycles. The molecule has 0 N–H and O–H groups in total. The highest BCUT2D eigenvalue weighted by Crippen LogP contribution is 2.31. The molecule has 0 spiro atoms. The van der Waals surface area contributed by atoms with Crippen molar-refractivity contribution in [3.05, 3.63) is 0 Å². The zero-order valence-electron chi connectivity index (χ0n) is 18.2. The summed E-state index contributed by atoms with van der Waals surface area (Å²) >= 11 is 1.71. The smallest absolute Gasteiger partial charge is 0.411 e. The van der Waals surface area contributed by atoms with Crippen LogP contribution in [0, 0.1) is 0 Å². The Morgan fingerprint density at radius 1 is 1.00 bits per heavy atom. The van der Waals surface area contributed by atoms with Gasteiger partial charge in [-0.25, -0.2) is 9.59 Å². The van der Waals surface area contributed by atoms with Crippen LogP contribution in [0.2, 0.25) is 0 Å². The van der Waals surface area contributed by atoms with Gasteiger partial charge in [0.1, 0.15) is 17.2 Å². The highest BCUT2D eigenvalue weighted by molar-refractivity contribution is 7.99. The summed E-state index contributed by atoms with van der Waals surface area (Å²) in [5, 5.41) is 0.128. The first-order chi connectivity index (χ1) is 12.8. The minimum absolute atomic E-state index is 0.128. The van der Waals surface area contributed by atoms with Crippen molar-refractivity contribution in [2.24, 2.45) is 0 Å². The zero-order valence-corrected chi connectivity index (χ0v) is 19.0. The maximum Gasteiger partial charge on any atom is 0.411 e. The van der Waals surface area contributed by atoms with Crippen LogP contribution in [0.3, 0.4) is 0 Å². The van der Waals surface area contributed by atoms with Gasteiger partial charge in [0.25, 0.3) is 0 Å². The molecule has 1 saturated heterocycles. The summed E-state index contributed by atoms with van der Waals surface area (Å²) < 4.78 is 15.6. The molecule has 0 radical (unpaired) electrons. The Labute approximate surface area is 172 Å². The van der Waals surface area contributed by atoms with Gasteiger partial charge < -0.3 is 14.2 Å². The third kappa shape index (κ3) is 9.17. The highest BCUT2D eigenvalue weighted by Gasteiger charge is 2.43. The van der Waals surface area contributed by atoms with Gasteiger partial charge >= 0.3 is 18.0 Å². The molecule has 8 heteroatoms. The molecule has 1 fully saturated rings. The number of hydrogen-bond acceptors (Lipinski definition) is 7. The van der Waals surface area contributed by atoms with Crippen LogP contribution >= 0.6 is 11.8 Å². The molecule has 0 bridgehead atoms. The number of nitrogens with zero attached hydrogens (tertiary/aromatic N) is 1. The van der Waals surface area contributed by atoms with Gasteiger partial charge in [-0.2, -0.15) is 11.8 Å². The Hall–Kier alpha value is -1.44. The molecule has 0 unspecified atom stereocenters. The van der Waals surface area contributed by atoms with E-state index in [9.17, 15) is 14.4 Å². The predicted molar refractivity (Wildman–Crippen MR) is 109 cm³/mol. The Bertz CT molecular complexity index is 516. The third-order valence-electron chi connectivity index (χ3n) is 3.93. The minimum Gasteiger partial charge on any atom is -0.469 e. The fourth-order valence-corrected chi connectivity index (χ4v) is 4.05. The Kier molecular flexibility index (Phi) is 9.11. The summed E-state index contributed by atoms with van der Waals surface area (Å²) in [6, 6.07) is -0.637. The van der Waals surface area contributed by atoms with E-state index in [1.54, 1.807) is 32.5 Å². The van der Waals surface area contributed by atoms with E-state index >= 15 is 0 Å². The molecule has 162 valence electrons. The lowest BCUT2D eigenvalue weighted by molar-refractivity contribution is -0.160. The van der Waals surface area contributed by atoms with Gasteiger partial charge in [-0.3, -0.25) is 9.69 Å². The monoisotopic (exact) mass is 417 g/mol. The van der Waals surface area contributed by atoms with Crippen molar-refractivity contribution in [3.8, 4) is 0 Å². The summed E-state index contributed by atoms with van der Waals surface area (Å²) in [6.07, 6.45) is 2.09. The second-order valence-corrected chi connectivity index (χ2v) is 10.4. The molecule has 1 amide bonds. The maximum absolute atomic E-state index is 12.6. The summed E-state index contributed by atoms with van der Waals surface area (Å²) in [7, 11) is 1.39. The van der Waals surface area contributed by atoms with Gasteiger partial charge in [-0.1, -0.05) is 0 Å². The van der Waals surface area contributed by atoms with Crippen molar-refractivity contribution in [2.45, 2.75) is 89.7 Å². The van der Waals surface area contributed by atoms with Crippen LogP contribution in [0.25, 0.3) is 0 Å². The SMILES string of the molecule is COC(=O)CCCCS[C@H]1C[C@@H](C(=O)OC(C)(C)C)N(C(=O)OC(C)(C)C)C1. The first-order valence-electron chi connectivity index (χ1n) is 9.73. The normalized spacial score (nSPS) is 20.0. The van der Waals surface area contributed by atoms with Gasteiger partial charge in [-0.15, -0.1) is 0 Å². The van der Waals surface area contributed by atoms with Crippen molar-refractivity contribution < 1.29 is 28.6 Å². The second-order valence-electron chi connectivity index (χ2n) is 8.94. The van der Waals surface area contributed by atoms with Crippen LogP contribution < -0.4 is 0 Å². The lowest BCUT2D eigenvalue weighted by Crippen LogP contribution is -2.45. The molecular formula is C20H35NO6S. The predicted octanol–water partition coefficient (Wildman–Crippen LogP) is 3.78. The minimum atomic E-state index is -0.637. The van der Waals surface area contributed by atoms with E-state index < -0.39 is 29.3 Å². The van der Waals surface area contributed by atoms with Crippen molar-refractivity contribution >= 4 is 29.8 Å². The Balaban J connectivity index is 2.66. The molecule has 0 saturated carbocycles. The van der Waals surface area contributed by atoms with Crippen LogP contribution in [0.1, 0.15) is 67.2 Å². The number of hydrogen-bond donors (Lipinski definition) is 0. The number of thioether (sulfide) groups is 1. The summed E-state index contributed by atoms with van der Waals surface area (Å²) in [5.74, 6) is 0.254. The first kappa shape index (κ1) is 24.6. The number of likely N-dealkylation sites (tertiary alicyclic amines) is 1. The average Bonchev–Trinajstić information content (AvgIpc) is 2.95. The number of carbonyl (C=O) groups is 3. The molecule has 0 aromatic rings. The molecule has 1 rings (SSSR count). The number of methoxy groups -OCH3 is 1. The van der Waals surface area contributed by atoms with Crippen LogP contribution in [0.4, 0.5) is 4.79 Å². The van der Waals surface area contributed by atoms with Gasteiger partial charge in [0, 0.05) is 18.2 Å². The molecule has 0 aromatic heterocycles. The van der Waals surface area contributed by atoms with E-state index in [4.69, 9.17) is 9.47 Å². The van der Waals surface area contributed by atoms with Crippen LogP contribution in [-0.2, 0) is 23.8 Å². The van der Waals surface area contributed by atoms with E-state index in [1.165, 1.54) is 12.0 Å². The van der Waals surface area contributed by atoms with Gasteiger partial charge in [0.05, 0.1) is 7.11 Å². The van der Waals surface area contributed by atoms with Crippen molar-refractivity contribution in [1.29, 1.82) is 0 Å². The van der Waals surface area contributed by atoms with Crippen molar-refractivity contribution in [1.82, 2.24) is 4.90 Å². The average molecular weight is 418 g/mol. The molecule has 1 heterocycles. The largest absolute Gasteiger partial charge is 0.469 e. The standard InChI is InChI=1S/C20H35NO6S/c1-19(2,3)26-17(23)15-12-14(28-11-9-8-10-16(22)25-7)13-21(15)18(24)27-20(4,5)6/h14-15H,8-13H2,1-7H3/t14-,15-/m0/s1. The first-order valence-corrected chi connectivity index (χ1v) is 10.8. The Morgan fingerprint density at radius 2 is 1.61 bits per heavy atom. The van der Waals surface area contributed by atoms with E-state index in [2.05, 4.69) is 4.74 Å². The van der Waals surface area contributed by atoms with Crippen molar-refractivity contribution in [2.75, 3.05) is 19.4 Å². The second kappa shape index (κ2) is 10.4. The van der Waals surface area contributed by atoms with Crippen LogP contribution in [0.5, 0.6) is 0 Å². The molecule has 2 atom stereocenters. The summed E-state index contributed by atoms with van der Waals surface area (Å²) in [6.45, 7) is 11.3. The lowest BCUT2D eigenvalue weighted by Gasteiger charge is -2.29. The maximum atomic E-state index is 12.6. The van der Waals surface area contributed by atoms with E-state index in [0.717, 1.165) is 18.6 Å². The van der Waals surface area contributed by atoms with Crippen molar-refractivity contribution in [3.63, 3.8) is 0 Å². The molecule has 7 nitrogen and oxygen atoms in total. The molecule has 28 heavy (non-hydrogen) atoms. The topological polar surface area (TPSA) is 82.1 Å². The quantitative estimate of drug-likeness (QED) is 0.354. The fourth-order valence-electron chi connectivity index (χ4n) is 2.76. The van der Waals surface area contributed by atoms with Crippen LogP contribution in [0.15, 0.2) is 0 Å². The molecule has 1 aliphatic heterocycles. The van der Waals surface area contributed by atoms with E-state index in [-0.39, 0.29) is 11.2 Å². The number of amides is 1. The summed E-state index contributed by atoms with van der Waals surface area (Å²) in [4.78, 5) is 37.9. The third-order valence-corrected chi connectivity index (χ3v) is 5.26. The Morgan fingerprint density at radius 3 is 2.14 bits per heavy atom. The lowest BCUT2D eigenvalue weighted by atomic mass is 10.1. The zero-order chi connectivity index (χ0) is 21.5. The number of carbonyl (C=O) groups excluding carboxylic acids is 3. The molecule has 1 aliphatic rings. The van der Waals surface area contributed by atoms with E-state index in [1.807, 2.05) is 20.8 Å². The van der Waals surface area contributed by atoms with Gasteiger partial charge in [0.2, 0.25) is 0 Å². The van der Waals surface area contributed by atoms with Gasteiger partial charge in [-0.05, 0) is 66.6 Å². The number of ether oxygens (including phenoxy) is 3. The number of esters is 2. The number of unbranched alkanes of at least 4 members (excludes halogenated alkanes) is 1. The summed E-state index contributed by atoms with van der Waals surface area (Å²) in [5.41, 5.74) is -1.25.